The van der Waals surface area contributed by atoms with E-state index in [1.54, 1.807) is 18.7 Å². The molecule has 1 N–H and O–H groups in total. The Hall–Kier alpha value is -1.16. The number of nitrogens with one attached hydrogen (secondary N) is 1. The monoisotopic (exact) mass is 430 g/mol. The molecule has 0 bridgehead atoms. The number of sulfonamides is 1. The number of halogens is 1. The summed E-state index contributed by atoms with van der Waals surface area (Å²) < 4.78 is 45.3. The number of carbonyl (C=O) groups is 1. The fourth-order valence-electron chi connectivity index (χ4n) is 4.00. The van der Waals surface area contributed by atoms with Crippen molar-refractivity contribution in [3.05, 3.63) is 30.1 Å². The third kappa shape index (κ3) is 4.69. The molecule has 2 fully saturated rings. The quantitative estimate of drug-likeness (QED) is 0.606. The smallest absolute Gasteiger partial charge is 0.315 e. The predicted octanol–water partition coefficient (Wildman–Crippen LogP) is 2.25. The van der Waals surface area contributed by atoms with Crippen molar-refractivity contribution in [2.24, 2.45) is 5.41 Å². The molecule has 1 unspecified atom stereocenters. The second kappa shape index (κ2) is 8.69. The molecule has 1 spiro atoms. The first kappa shape index (κ1) is 21.5. The van der Waals surface area contributed by atoms with Gasteiger partial charge in [0, 0.05) is 36.3 Å². The number of hydrogen-bond donors (Lipinski definition) is 1. The summed E-state index contributed by atoms with van der Waals surface area (Å²) in [4.78, 5) is 11.1. The van der Waals surface area contributed by atoms with Gasteiger partial charge in [-0.15, -0.1) is 11.8 Å². The molecule has 6 nitrogen and oxygen atoms in total. The molecule has 0 amide bonds. The van der Waals surface area contributed by atoms with E-state index >= 15 is 0 Å². The van der Waals surface area contributed by atoms with Crippen LogP contribution in [0.5, 0.6) is 0 Å². The summed E-state index contributed by atoms with van der Waals surface area (Å²) in [6.07, 6.45) is 1.84. The zero-order valence-corrected chi connectivity index (χ0v) is 17.8. The topological polar surface area (TPSA) is 75.7 Å². The van der Waals surface area contributed by atoms with Gasteiger partial charge in [0.2, 0.25) is 10.0 Å². The predicted molar refractivity (Wildman–Crippen MR) is 107 cm³/mol. The van der Waals surface area contributed by atoms with Crippen LogP contribution in [0.2, 0.25) is 0 Å². The molecule has 1 atom stereocenters. The maximum atomic E-state index is 13.8. The van der Waals surface area contributed by atoms with Gasteiger partial charge in [0.05, 0.1) is 12.4 Å². The number of esters is 1. The Morgan fingerprint density at radius 3 is 2.71 bits per heavy atom. The van der Waals surface area contributed by atoms with Gasteiger partial charge in [-0.3, -0.25) is 4.79 Å². The summed E-state index contributed by atoms with van der Waals surface area (Å²) in [5.41, 5.74) is 0.0216. The van der Waals surface area contributed by atoms with Gasteiger partial charge in [-0.25, -0.2) is 12.8 Å². The first-order valence-electron chi connectivity index (χ1n) is 9.50. The molecule has 1 aromatic carbocycles. The summed E-state index contributed by atoms with van der Waals surface area (Å²) in [6, 6.07) is 6.14. The molecule has 1 saturated carbocycles. The zero-order chi connectivity index (χ0) is 20.4. The molecule has 1 heterocycles. The largest absolute Gasteiger partial charge is 0.465 e. The SMILES string of the molecule is CCOC(=O)CSCC(C)NC1CC2(C1)CN(S(=O)(=O)c1ccccc1F)C2. The highest BCUT2D eigenvalue weighted by molar-refractivity contribution is 7.99. The molecule has 0 aromatic heterocycles. The Morgan fingerprint density at radius 1 is 1.39 bits per heavy atom. The van der Waals surface area contributed by atoms with Crippen LogP contribution in [0.3, 0.4) is 0 Å². The highest BCUT2D eigenvalue weighted by Crippen LogP contribution is 2.50. The van der Waals surface area contributed by atoms with Crippen molar-refractivity contribution >= 4 is 27.8 Å². The minimum absolute atomic E-state index is 0.0216. The lowest BCUT2D eigenvalue weighted by Gasteiger charge is -2.58. The number of rotatable bonds is 9. The first-order valence-corrected chi connectivity index (χ1v) is 12.1. The molecule has 1 saturated heterocycles. The van der Waals surface area contributed by atoms with E-state index in [0.717, 1.165) is 18.6 Å². The van der Waals surface area contributed by atoms with Gasteiger partial charge >= 0.3 is 5.97 Å². The molecule has 9 heteroatoms. The number of benzene rings is 1. The molecule has 2 aliphatic rings. The van der Waals surface area contributed by atoms with Crippen molar-refractivity contribution in [2.75, 3.05) is 31.2 Å². The van der Waals surface area contributed by atoms with Gasteiger partial charge in [0.15, 0.2) is 0 Å². The van der Waals surface area contributed by atoms with Gasteiger partial charge in [-0.1, -0.05) is 12.1 Å². The number of thioether (sulfide) groups is 1. The van der Waals surface area contributed by atoms with Gasteiger partial charge in [0.1, 0.15) is 10.7 Å². The second-order valence-electron chi connectivity index (χ2n) is 7.70. The Labute approximate surface area is 170 Å². The van der Waals surface area contributed by atoms with E-state index in [-0.39, 0.29) is 22.3 Å². The molecule has 0 radical (unpaired) electrons. The molecule has 3 rings (SSSR count). The van der Waals surface area contributed by atoms with Gasteiger partial charge < -0.3 is 10.1 Å². The number of nitrogens with zero attached hydrogens (tertiary/aromatic N) is 1. The summed E-state index contributed by atoms with van der Waals surface area (Å²) >= 11 is 1.55. The Kier molecular flexibility index (Phi) is 6.69. The Balaban J connectivity index is 1.39. The minimum Gasteiger partial charge on any atom is -0.465 e. The van der Waals surface area contributed by atoms with Crippen LogP contribution in [0.15, 0.2) is 29.2 Å². The molecule has 1 aliphatic carbocycles. The molecule has 28 heavy (non-hydrogen) atoms. The fraction of sp³-hybridized carbons (Fsp3) is 0.632. The highest BCUT2D eigenvalue weighted by Gasteiger charge is 2.55. The van der Waals surface area contributed by atoms with Crippen molar-refractivity contribution in [1.82, 2.24) is 9.62 Å². The third-order valence-corrected chi connectivity index (χ3v) is 8.25. The number of carbonyl (C=O) groups excluding carboxylic acids is 1. The molecule has 1 aliphatic heterocycles. The maximum absolute atomic E-state index is 13.8. The van der Waals surface area contributed by atoms with Crippen LogP contribution >= 0.6 is 11.8 Å². The molecule has 1 aromatic rings. The van der Waals surface area contributed by atoms with E-state index in [1.165, 1.54) is 28.6 Å². The number of ether oxygens (including phenoxy) is 1. The Morgan fingerprint density at radius 2 is 2.07 bits per heavy atom. The maximum Gasteiger partial charge on any atom is 0.315 e. The highest BCUT2D eigenvalue weighted by atomic mass is 32.2. The summed E-state index contributed by atoms with van der Waals surface area (Å²) in [7, 11) is -3.75. The normalized spacial score (nSPS) is 20.4. The van der Waals surface area contributed by atoms with Crippen LogP contribution < -0.4 is 5.32 Å². The van der Waals surface area contributed by atoms with Crippen molar-refractivity contribution in [1.29, 1.82) is 0 Å². The average molecular weight is 431 g/mol. The van der Waals surface area contributed by atoms with Crippen LogP contribution in [-0.4, -0.2) is 62.0 Å². The molecule has 156 valence electrons. The van der Waals surface area contributed by atoms with Crippen LogP contribution in [0, 0.1) is 11.2 Å². The zero-order valence-electron chi connectivity index (χ0n) is 16.2. The molecular weight excluding hydrogens is 403 g/mol. The van der Waals surface area contributed by atoms with Gasteiger partial charge in [0.25, 0.3) is 0 Å². The van der Waals surface area contributed by atoms with E-state index in [4.69, 9.17) is 4.74 Å². The van der Waals surface area contributed by atoms with Crippen molar-refractivity contribution in [2.45, 2.75) is 43.7 Å². The molecular formula is C19H27FN2O4S2. The first-order chi connectivity index (χ1) is 13.3. The van der Waals surface area contributed by atoms with Crippen molar-refractivity contribution in [3.63, 3.8) is 0 Å². The van der Waals surface area contributed by atoms with Gasteiger partial charge in [-0.2, -0.15) is 4.31 Å². The van der Waals surface area contributed by atoms with Crippen molar-refractivity contribution in [3.8, 4) is 0 Å². The van der Waals surface area contributed by atoms with E-state index < -0.39 is 15.8 Å². The lowest BCUT2D eigenvalue weighted by molar-refractivity contribution is -0.139. The van der Waals surface area contributed by atoms with Crippen LogP contribution in [0.1, 0.15) is 26.7 Å². The van der Waals surface area contributed by atoms with Crippen molar-refractivity contribution < 1.29 is 22.3 Å². The third-order valence-electron chi connectivity index (χ3n) is 5.25. The van der Waals surface area contributed by atoms with E-state index in [0.29, 0.717) is 31.5 Å². The fourth-order valence-corrected chi connectivity index (χ4v) is 6.55. The van der Waals surface area contributed by atoms with Crippen LogP contribution in [-0.2, 0) is 19.6 Å². The summed E-state index contributed by atoms with van der Waals surface area (Å²) in [6.45, 7) is 5.18. The Bertz CT molecular complexity index is 804. The summed E-state index contributed by atoms with van der Waals surface area (Å²) in [5.74, 6) is 0.284. The lowest BCUT2D eigenvalue weighted by atomic mass is 9.61. The standard InChI is InChI=1S/C19H27FN2O4S2/c1-3-26-18(23)11-27-10-14(2)21-15-8-19(9-15)12-22(13-19)28(24,25)17-7-5-4-6-16(17)20/h4-7,14-15,21H,3,8-13H2,1-2H3. The van der Waals surface area contributed by atoms with E-state index in [1.807, 2.05) is 0 Å². The van der Waals surface area contributed by atoms with Gasteiger partial charge in [-0.05, 0) is 38.8 Å². The average Bonchev–Trinajstić information content (AvgIpc) is 2.56. The minimum atomic E-state index is -3.75. The van der Waals surface area contributed by atoms with E-state index in [9.17, 15) is 17.6 Å². The van der Waals surface area contributed by atoms with Crippen LogP contribution in [0.4, 0.5) is 4.39 Å². The number of hydrogen-bond acceptors (Lipinski definition) is 6. The summed E-state index contributed by atoms with van der Waals surface area (Å²) in [5, 5.41) is 3.54. The van der Waals surface area contributed by atoms with E-state index in [2.05, 4.69) is 12.2 Å². The second-order valence-corrected chi connectivity index (χ2v) is 10.6. The van der Waals surface area contributed by atoms with Crippen LogP contribution in [0.25, 0.3) is 0 Å². The lowest BCUT2D eigenvalue weighted by Crippen LogP contribution is -2.67.